The topological polar surface area (TPSA) is 234 Å². The van der Waals surface area contributed by atoms with E-state index in [1.165, 1.54) is 4.90 Å². The normalized spacial score (nSPS) is 14.7. The van der Waals surface area contributed by atoms with E-state index in [1.807, 2.05) is 109 Å². The number of nitrogens with one attached hydrogen (secondary N) is 3. The number of hydrazone groups is 1. The zero-order valence-electron chi connectivity index (χ0n) is 51.1. The summed E-state index contributed by atoms with van der Waals surface area (Å²) < 4.78 is 38.6. The van der Waals surface area contributed by atoms with Gasteiger partial charge in [0.1, 0.15) is 6.04 Å². The molecule has 21 heteroatoms. The number of likely N-dealkylation sites (N-methyl/N-ethyl adjacent to an activating group) is 1. The number of methoxy groups -OCH3 is 1. The van der Waals surface area contributed by atoms with Crippen molar-refractivity contribution in [3.05, 3.63) is 161 Å². The number of aromatic nitrogens is 2. The van der Waals surface area contributed by atoms with Gasteiger partial charge in [0.2, 0.25) is 11.8 Å². The van der Waals surface area contributed by atoms with Gasteiger partial charge >= 0.3 is 12.1 Å². The number of benzene rings is 4. The van der Waals surface area contributed by atoms with Crippen LogP contribution in [0.25, 0.3) is 22.0 Å². The Labute approximate surface area is 520 Å². The number of hydrogen-bond acceptors (Lipinski definition) is 15. The summed E-state index contributed by atoms with van der Waals surface area (Å²) in [6.07, 6.45) is 8.98. The lowest BCUT2D eigenvalue weighted by molar-refractivity contribution is -0.133. The van der Waals surface area contributed by atoms with Crippen LogP contribution in [0.15, 0.2) is 133 Å². The first kappa shape index (κ1) is 65.3. The zero-order chi connectivity index (χ0) is 62.0. The quantitative estimate of drug-likeness (QED) is 0.0311. The maximum Gasteiger partial charge on any atom is 0.411 e. The van der Waals surface area contributed by atoms with Gasteiger partial charge in [-0.2, -0.15) is 5.10 Å². The first-order valence-electron chi connectivity index (χ1n) is 31.0. The number of anilines is 1. The van der Waals surface area contributed by atoms with Crippen LogP contribution in [0.4, 0.5) is 15.3 Å². The molecule has 6 amide bonds. The first-order valence-corrected chi connectivity index (χ1v) is 31.0. The molecule has 1 aliphatic carbocycles. The standard InChI is InChI=1S/C68H83N9O12/c1-75(68(82)89-64-57-17-7-5-15-53(57)54-16-6-8-18-58(54)64)62(22-9-11-29-71-63(78)28-34-84-37-38-86-41-42-88-44-43-87-40-39-85-36-35-83-2)65(79)72-30-10-3-4-12-33-77-66(80)59(55-19-13-21-60-56(55)20-14-31-70-60)45-61(74-77)49-23-25-52(26-24-49)73-67(81)76-47-50-27-32-69-46-51(50)48-76/h5-8,13-21,23-27,31-32,46,59,62,64H,3-4,9-12,22,28-30,33-45,47-48H2,1-2H3,(H,71,78)(H,72,79)(H,73,81)/t59?,62-/m0/s1. The minimum atomic E-state index is -0.841. The molecule has 0 bridgehead atoms. The number of ether oxygens (including phenoxy) is 7. The lowest BCUT2D eigenvalue weighted by atomic mass is 9.86. The molecule has 4 heterocycles. The third-order valence-corrected chi connectivity index (χ3v) is 16.0. The summed E-state index contributed by atoms with van der Waals surface area (Å²) in [6.45, 7) is 7.05. The molecule has 0 fully saturated rings. The SMILES string of the molecule is COCCOCCOCCOCCOCCOCCC(=O)NCCCC[C@@H](C(=O)NCCCCCCN1N=C(c2ccc(NC(=O)N3Cc4ccncc4C3)cc2)CC(c2cccc3ncccc23)C1=O)N(C)C(=O)OC1c2ccccc2-c2ccccc21. The third-order valence-electron chi connectivity index (χ3n) is 16.0. The van der Waals surface area contributed by atoms with Crippen LogP contribution in [0.2, 0.25) is 0 Å². The van der Waals surface area contributed by atoms with E-state index in [-0.39, 0.29) is 36.8 Å². The van der Waals surface area contributed by atoms with Gasteiger partial charge in [0.15, 0.2) is 6.10 Å². The molecule has 0 saturated carbocycles. The molecule has 0 spiro atoms. The lowest BCUT2D eigenvalue weighted by Gasteiger charge is -2.30. The third kappa shape index (κ3) is 18.7. The molecule has 472 valence electrons. The Morgan fingerprint density at radius 2 is 1.27 bits per heavy atom. The maximum absolute atomic E-state index is 14.4. The number of urea groups is 1. The van der Waals surface area contributed by atoms with Gasteiger partial charge in [-0.05, 0) is 95.8 Å². The number of pyridine rings is 2. The number of nitrogens with zero attached hydrogens (tertiary/aromatic N) is 6. The molecule has 3 N–H and O–H groups in total. The van der Waals surface area contributed by atoms with Crippen LogP contribution in [0.5, 0.6) is 0 Å². The monoisotopic (exact) mass is 1220 g/mol. The van der Waals surface area contributed by atoms with Crippen molar-refractivity contribution < 1.29 is 57.1 Å². The second kappa shape index (κ2) is 34.5. The summed E-state index contributed by atoms with van der Waals surface area (Å²) in [7, 11) is 3.23. The molecule has 4 aromatic carbocycles. The van der Waals surface area contributed by atoms with Gasteiger partial charge in [0.25, 0.3) is 5.91 Å². The summed E-state index contributed by atoms with van der Waals surface area (Å²) in [5, 5.41) is 16.5. The summed E-state index contributed by atoms with van der Waals surface area (Å²) >= 11 is 0. The largest absolute Gasteiger partial charge is 0.436 e. The van der Waals surface area contributed by atoms with E-state index in [0.29, 0.717) is 143 Å². The van der Waals surface area contributed by atoms with Crippen LogP contribution in [-0.2, 0) is 60.6 Å². The van der Waals surface area contributed by atoms with E-state index >= 15 is 0 Å². The molecular weight excluding hydrogens is 1130 g/mol. The van der Waals surface area contributed by atoms with Crippen LogP contribution in [0, 0.1) is 0 Å². The number of carbonyl (C=O) groups excluding carboxylic acids is 5. The Morgan fingerprint density at radius 3 is 1.97 bits per heavy atom. The average Bonchev–Trinajstić information content (AvgIpc) is 1.98. The fraction of sp³-hybridized carbons (Fsp3) is 0.441. The molecular formula is C68H83N9O12. The Bertz CT molecular complexity index is 3240. The van der Waals surface area contributed by atoms with Crippen LogP contribution in [-0.4, -0.2) is 173 Å². The van der Waals surface area contributed by atoms with Crippen molar-refractivity contribution in [3.63, 3.8) is 0 Å². The Hall–Kier alpha value is -8.18. The molecule has 6 aromatic rings. The molecule has 89 heavy (non-hydrogen) atoms. The highest BCUT2D eigenvalue weighted by Crippen LogP contribution is 2.45. The van der Waals surface area contributed by atoms with Gasteiger partial charge in [-0.15, -0.1) is 0 Å². The van der Waals surface area contributed by atoms with Gasteiger partial charge in [0.05, 0.1) is 89.8 Å². The number of hydrogen-bond donors (Lipinski definition) is 3. The van der Waals surface area contributed by atoms with Crippen molar-refractivity contribution in [1.29, 1.82) is 0 Å². The molecule has 0 saturated heterocycles. The maximum atomic E-state index is 14.4. The molecule has 0 radical (unpaired) electrons. The average molecular weight is 1220 g/mol. The number of carbonyl (C=O) groups is 5. The highest BCUT2D eigenvalue weighted by Gasteiger charge is 2.36. The van der Waals surface area contributed by atoms with Crippen LogP contribution < -0.4 is 16.0 Å². The highest BCUT2D eigenvalue weighted by atomic mass is 16.6. The number of fused-ring (bicyclic) bond motifs is 5. The Kier molecular flexibility index (Phi) is 25.3. The van der Waals surface area contributed by atoms with Crippen LogP contribution in [0.1, 0.15) is 103 Å². The minimum Gasteiger partial charge on any atom is -0.436 e. The lowest BCUT2D eigenvalue weighted by Crippen LogP contribution is -2.48. The van der Waals surface area contributed by atoms with Crippen molar-refractivity contribution in [2.24, 2.45) is 5.10 Å². The molecule has 2 atom stereocenters. The van der Waals surface area contributed by atoms with Gasteiger partial charge in [0, 0.05) is 101 Å². The molecule has 3 aliphatic rings. The predicted molar refractivity (Wildman–Crippen MR) is 337 cm³/mol. The minimum absolute atomic E-state index is 0.0860. The van der Waals surface area contributed by atoms with Gasteiger partial charge in [-0.3, -0.25) is 29.3 Å². The summed E-state index contributed by atoms with van der Waals surface area (Å²) in [4.78, 5) is 80.5. The van der Waals surface area contributed by atoms with E-state index in [1.54, 1.807) is 42.7 Å². The van der Waals surface area contributed by atoms with Crippen LogP contribution in [0.3, 0.4) is 0 Å². The summed E-state index contributed by atoms with van der Waals surface area (Å²) in [5.74, 6) is -1.02. The number of unbranched alkanes of at least 4 members (excludes halogenated alkanes) is 4. The second-order valence-corrected chi connectivity index (χ2v) is 22.1. The van der Waals surface area contributed by atoms with Crippen molar-refractivity contribution in [2.75, 3.05) is 112 Å². The van der Waals surface area contributed by atoms with Crippen molar-refractivity contribution >= 4 is 52.1 Å². The van der Waals surface area contributed by atoms with Gasteiger partial charge in [-0.1, -0.05) is 91.7 Å². The second-order valence-electron chi connectivity index (χ2n) is 22.1. The van der Waals surface area contributed by atoms with E-state index in [0.717, 1.165) is 74.0 Å². The summed E-state index contributed by atoms with van der Waals surface area (Å²) in [5.41, 5.74) is 9.87. The molecule has 2 aliphatic heterocycles. The molecule has 2 aromatic heterocycles. The van der Waals surface area contributed by atoms with E-state index < -0.39 is 24.2 Å². The fourth-order valence-corrected chi connectivity index (χ4v) is 11.2. The first-order chi connectivity index (χ1) is 43.7. The van der Waals surface area contributed by atoms with E-state index in [2.05, 4.69) is 25.9 Å². The van der Waals surface area contributed by atoms with Crippen molar-refractivity contribution in [2.45, 2.75) is 88.9 Å². The fourth-order valence-electron chi connectivity index (χ4n) is 11.2. The van der Waals surface area contributed by atoms with E-state index in [9.17, 15) is 24.0 Å². The molecule has 1 unspecified atom stereocenters. The van der Waals surface area contributed by atoms with E-state index in [4.69, 9.17) is 38.3 Å². The molecule has 21 nitrogen and oxygen atoms in total. The number of rotatable bonds is 36. The Balaban J connectivity index is 0.729. The Morgan fingerprint density at radius 1 is 0.640 bits per heavy atom. The highest BCUT2D eigenvalue weighted by molar-refractivity contribution is 6.07. The van der Waals surface area contributed by atoms with Crippen molar-refractivity contribution in [3.8, 4) is 11.1 Å². The molecule has 9 rings (SSSR count). The smallest absolute Gasteiger partial charge is 0.411 e. The van der Waals surface area contributed by atoms with Gasteiger partial charge < -0.3 is 54.0 Å². The zero-order valence-corrected chi connectivity index (χ0v) is 51.1. The van der Waals surface area contributed by atoms with Crippen molar-refractivity contribution in [1.82, 2.24) is 35.4 Å². The number of amides is 6. The van der Waals surface area contributed by atoms with Gasteiger partial charge in [-0.25, -0.2) is 14.6 Å². The predicted octanol–water partition coefficient (Wildman–Crippen LogP) is 9.19. The summed E-state index contributed by atoms with van der Waals surface area (Å²) in [6, 6.07) is 34.0. The van der Waals surface area contributed by atoms with Crippen LogP contribution >= 0.6 is 0 Å².